The summed E-state index contributed by atoms with van der Waals surface area (Å²) in [7, 11) is 4.10. The maximum atomic E-state index is 12.7. The van der Waals surface area contributed by atoms with Gasteiger partial charge in [0.1, 0.15) is 0 Å². The van der Waals surface area contributed by atoms with E-state index in [2.05, 4.69) is 49.0 Å². The molecule has 2 aromatic heterocycles. The quantitative estimate of drug-likeness (QED) is 0.307. The first-order valence-electron chi connectivity index (χ1n) is 11.1. The van der Waals surface area contributed by atoms with E-state index in [0.717, 1.165) is 28.7 Å². The Labute approximate surface area is 208 Å². The third kappa shape index (κ3) is 5.91. The van der Waals surface area contributed by atoms with Crippen LogP contribution in [-0.2, 0) is 11.3 Å². The fourth-order valence-electron chi connectivity index (χ4n) is 3.70. The van der Waals surface area contributed by atoms with Gasteiger partial charge in [0.05, 0.1) is 24.0 Å². The van der Waals surface area contributed by atoms with Gasteiger partial charge in [-0.3, -0.25) is 9.69 Å². The van der Waals surface area contributed by atoms with Crippen LogP contribution in [0.25, 0.3) is 11.3 Å². The Morgan fingerprint density at radius 1 is 1.09 bits per heavy atom. The first-order valence-corrected chi connectivity index (χ1v) is 13.0. The molecule has 0 bridgehead atoms. The molecule has 0 radical (unpaired) electrons. The molecule has 4 aromatic rings. The number of benzene rings is 2. The zero-order valence-corrected chi connectivity index (χ0v) is 21.1. The first kappa shape index (κ1) is 24.1. The number of aromatic nitrogens is 4. The van der Waals surface area contributed by atoms with Gasteiger partial charge in [-0.25, -0.2) is 4.98 Å². The van der Waals surface area contributed by atoms with Gasteiger partial charge in [-0.2, -0.15) is 0 Å². The standard InChI is InChI=1S/C25H28N6OS2/c1-4-21(30(2)3)23-28-29-25(31(23)15-18-11-7-5-8-12-18)34-17-22(32)27-24-26-20(16-33-24)19-13-9-6-10-14-19/h5-14,16,21H,4,15,17H2,1-3H3,(H,26,27,32). The van der Waals surface area contributed by atoms with Crippen LogP contribution in [0.15, 0.2) is 71.2 Å². The van der Waals surface area contributed by atoms with Gasteiger partial charge < -0.3 is 9.88 Å². The SMILES string of the molecule is CCC(c1nnc(SCC(=O)Nc2nc(-c3ccccc3)cs2)n1Cc1ccccc1)N(C)C. The van der Waals surface area contributed by atoms with Gasteiger partial charge in [0, 0.05) is 10.9 Å². The van der Waals surface area contributed by atoms with Gasteiger partial charge in [-0.05, 0) is 26.1 Å². The molecule has 34 heavy (non-hydrogen) atoms. The second kappa shape index (κ2) is 11.4. The van der Waals surface area contributed by atoms with Crippen molar-refractivity contribution in [3.05, 3.63) is 77.4 Å². The van der Waals surface area contributed by atoms with Gasteiger partial charge in [0.2, 0.25) is 5.91 Å². The molecule has 0 aliphatic rings. The van der Waals surface area contributed by atoms with Crippen molar-refractivity contribution in [1.82, 2.24) is 24.6 Å². The van der Waals surface area contributed by atoms with Crippen LogP contribution < -0.4 is 5.32 Å². The summed E-state index contributed by atoms with van der Waals surface area (Å²) >= 11 is 2.82. The number of thiazole rings is 1. The minimum Gasteiger partial charge on any atom is -0.301 e. The summed E-state index contributed by atoms with van der Waals surface area (Å²) in [6.07, 6.45) is 0.916. The number of carbonyl (C=O) groups is 1. The Kier molecular flexibility index (Phi) is 8.10. The van der Waals surface area contributed by atoms with Crippen LogP contribution in [-0.4, -0.2) is 50.4 Å². The van der Waals surface area contributed by atoms with E-state index >= 15 is 0 Å². The maximum absolute atomic E-state index is 12.7. The molecule has 1 unspecified atom stereocenters. The smallest absolute Gasteiger partial charge is 0.236 e. The second-order valence-electron chi connectivity index (χ2n) is 8.04. The molecular formula is C25H28N6OS2. The van der Waals surface area contributed by atoms with E-state index < -0.39 is 0 Å². The molecular weight excluding hydrogens is 464 g/mol. The number of carbonyl (C=O) groups excluding carboxylic acids is 1. The molecule has 2 heterocycles. The lowest BCUT2D eigenvalue weighted by molar-refractivity contribution is -0.113. The fraction of sp³-hybridized carbons (Fsp3) is 0.280. The molecule has 0 fully saturated rings. The number of hydrogen-bond donors (Lipinski definition) is 1. The molecule has 1 amide bonds. The number of amides is 1. The molecule has 2 aromatic carbocycles. The van der Waals surface area contributed by atoms with Crippen molar-refractivity contribution in [3.63, 3.8) is 0 Å². The molecule has 0 aliphatic carbocycles. The average molecular weight is 493 g/mol. The van der Waals surface area contributed by atoms with Crippen LogP contribution in [0.4, 0.5) is 5.13 Å². The van der Waals surface area contributed by atoms with Crippen LogP contribution in [0.3, 0.4) is 0 Å². The monoisotopic (exact) mass is 492 g/mol. The topological polar surface area (TPSA) is 75.9 Å². The normalized spacial score (nSPS) is 12.1. The molecule has 1 atom stereocenters. The van der Waals surface area contributed by atoms with Crippen molar-refractivity contribution in [3.8, 4) is 11.3 Å². The zero-order chi connectivity index (χ0) is 23.9. The Hall–Kier alpha value is -3.01. The first-order chi connectivity index (χ1) is 16.5. The number of hydrogen-bond acceptors (Lipinski definition) is 7. The number of thioether (sulfide) groups is 1. The minimum atomic E-state index is -0.116. The van der Waals surface area contributed by atoms with Crippen molar-refractivity contribution >= 4 is 34.1 Å². The van der Waals surface area contributed by atoms with E-state index in [4.69, 9.17) is 0 Å². The summed E-state index contributed by atoms with van der Waals surface area (Å²) in [5, 5.41) is 15.1. The van der Waals surface area contributed by atoms with Gasteiger partial charge in [0.25, 0.3) is 0 Å². The summed E-state index contributed by atoms with van der Waals surface area (Å²) in [6.45, 7) is 2.80. The molecule has 4 rings (SSSR count). The highest BCUT2D eigenvalue weighted by Gasteiger charge is 2.22. The predicted molar refractivity (Wildman–Crippen MR) is 139 cm³/mol. The van der Waals surface area contributed by atoms with Gasteiger partial charge in [-0.1, -0.05) is 79.3 Å². The van der Waals surface area contributed by atoms with Crippen LogP contribution in [0.2, 0.25) is 0 Å². The Morgan fingerprint density at radius 3 is 2.47 bits per heavy atom. The lowest BCUT2D eigenvalue weighted by atomic mass is 10.2. The molecule has 0 saturated carbocycles. The largest absolute Gasteiger partial charge is 0.301 e. The van der Waals surface area contributed by atoms with Crippen molar-refractivity contribution in [1.29, 1.82) is 0 Å². The van der Waals surface area contributed by atoms with E-state index in [1.165, 1.54) is 28.7 Å². The predicted octanol–water partition coefficient (Wildman–Crippen LogP) is 5.19. The summed E-state index contributed by atoms with van der Waals surface area (Å²) in [6, 6.07) is 20.3. The van der Waals surface area contributed by atoms with Crippen molar-refractivity contribution in [2.24, 2.45) is 0 Å². The van der Waals surface area contributed by atoms with Crippen molar-refractivity contribution in [2.75, 3.05) is 25.2 Å². The maximum Gasteiger partial charge on any atom is 0.236 e. The van der Waals surface area contributed by atoms with E-state index in [0.29, 0.717) is 11.7 Å². The van der Waals surface area contributed by atoms with Gasteiger partial charge >= 0.3 is 0 Å². The van der Waals surface area contributed by atoms with Crippen molar-refractivity contribution in [2.45, 2.75) is 31.1 Å². The highest BCUT2D eigenvalue weighted by atomic mass is 32.2. The van der Waals surface area contributed by atoms with Crippen LogP contribution in [0.1, 0.15) is 30.8 Å². The minimum absolute atomic E-state index is 0.116. The molecule has 0 spiro atoms. The third-order valence-electron chi connectivity index (χ3n) is 5.39. The van der Waals surface area contributed by atoms with Crippen LogP contribution in [0.5, 0.6) is 0 Å². The zero-order valence-electron chi connectivity index (χ0n) is 19.5. The van der Waals surface area contributed by atoms with E-state index in [9.17, 15) is 4.79 Å². The average Bonchev–Trinajstić information content (AvgIpc) is 3.47. The number of rotatable bonds is 10. The molecule has 7 nitrogen and oxygen atoms in total. The lowest BCUT2D eigenvalue weighted by Crippen LogP contribution is -2.23. The van der Waals surface area contributed by atoms with E-state index in [-0.39, 0.29) is 17.7 Å². The summed E-state index contributed by atoms with van der Waals surface area (Å²) in [5.74, 6) is 1.02. The Bertz CT molecular complexity index is 1210. The Balaban J connectivity index is 1.46. The van der Waals surface area contributed by atoms with Gasteiger partial charge in [0.15, 0.2) is 16.1 Å². The molecule has 0 aliphatic heterocycles. The summed E-state index contributed by atoms with van der Waals surface area (Å²) < 4.78 is 2.12. The van der Waals surface area contributed by atoms with Crippen LogP contribution in [0, 0.1) is 0 Å². The second-order valence-corrected chi connectivity index (χ2v) is 9.84. The molecule has 9 heteroatoms. The number of nitrogens with zero attached hydrogens (tertiary/aromatic N) is 5. The molecule has 176 valence electrons. The highest BCUT2D eigenvalue weighted by Crippen LogP contribution is 2.27. The summed E-state index contributed by atoms with van der Waals surface area (Å²) in [4.78, 5) is 19.4. The highest BCUT2D eigenvalue weighted by molar-refractivity contribution is 7.99. The van der Waals surface area contributed by atoms with E-state index in [1.54, 1.807) is 0 Å². The van der Waals surface area contributed by atoms with E-state index in [1.807, 2.05) is 68.0 Å². The molecule has 1 N–H and O–H groups in total. The summed E-state index contributed by atoms with van der Waals surface area (Å²) in [5.41, 5.74) is 3.05. The fourth-order valence-corrected chi connectivity index (χ4v) is 5.19. The number of nitrogens with one attached hydrogen (secondary N) is 1. The number of anilines is 1. The van der Waals surface area contributed by atoms with Crippen LogP contribution >= 0.6 is 23.1 Å². The lowest BCUT2D eigenvalue weighted by Gasteiger charge is -2.23. The Morgan fingerprint density at radius 2 is 1.79 bits per heavy atom. The van der Waals surface area contributed by atoms with Gasteiger partial charge in [-0.15, -0.1) is 21.5 Å². The van der Waals surface area contributed by atoms with Crippen molar-refractivity contribution < 1.29 is 4.79 Å². The third-order valence-corrected chi connectivity index (χ3v) is 7.11. The molecule has 0 saturated heterocycles.